The maximum Gasteiger partial charge on any atom is 0.178 e. The molecule has 0 spiro atoms. The minimum atomic E-state index is -1.12. The third-order valence-electron chi connectivity index (χ3n) is 9.71. The summed E-state index contributed by atoms with van der Waals surface area (Å²) in [6.45, 7) is 7.72. The molecule has 5 unspecified atom stereocenters. The number of carbonyl (C=O) groups excluding carboxylic acids is 2. The van der Waals surface area contributed by atoms with Crippen molar-refractivity contribution in [2.75, 3.05) is 12.5 Å². The molecule has 3 saturated carbocycles. The van der Waals surface area contributed by atoms with Crippen LogP contribution >= 0.6 is 23.1 Å². The predicted octanol–water partition coefficient (Wildman–Crippen LogP) is 4.41. The molecule has 4 aliphatic carbocycles. The third-order valence-corrected chi connectivity index (χ3v) is 11.9. The lowest BCUT2D eigenvalue weighted by Crippen LogP contribution is -2.62. The van der Waals surface area contributed by atoms with Crippen molar-refractivity contribution in [2.45, 2.75) is 75.8 Å². The van der Waals surface area contributed by atoms with E-state index in [0.717, 1.165) is 39.7 Å². The maximum atomic E-state index is 13.9. The van der Waals surface area contributed by atoms with Gasteiger partial charge in [-0.25, -0.2) is 4.98 Å². The SMILES string of the molecule is Cc1nc(SCC(=O)[C@@]2(OCO)CCC3C4CCC5=CC(=O)C=CC5(C)C4[C@@H](O)CC32C)sc1C. The van der Waals surface area contributed by atoms with Crippen molar-refractivity contribution in [1.82, 2.24) is 4.98 Å². The molecule has 5 rings (SSSR count). The summed E-state index contributed by atoms with van der Waals surface area (Å²) >= 11 is 3.03. The van der Waals surface area contributed by atoms with Gasteiger partial charge in [-0.15, -0.1) is 11.3 Å². The Hall–Kier alpha value is -1.32. The van der Waals surface area contributed by atoms with Crippen molar-refractivity contribution in [2.24, 2.45) is 28.6 Å². The average Bonchev–Trinajstić information content (AvgIpc) is 3.28. The topological polar surface area (TPSA) is 96.7 Å². The molecule has 4 aliphatic rings. The second-order valence-corrected chi connectivity index (χ2v) is 13.6. The van der Waals surface area contributed by atoms with E-state index < -0.39 is 23.9 Å². The Bertz CT molecular complexity index is 1090. The van der Waals surface area contributed by atoms with Crippen LogP contribution in [0.2, 0.25) is 0 Å². The van der Waals surface area contributed by atoms with Crippen LogP contribution in [0.15, 0.2) is 28.1 Å². The molecule has 8 heteroatoms. The molecule has 1 heterocycles. The normalized spacial score (nSPS) is 40.2. The van der Waals surface area contributed by atoms with Gasteiger partial charge in [0.15, 0.2) is 15.9 Å². The van der Waals surface area contributed by atoms with Crippen molar-refractivity contribution >= 4 is 34.7 Å². The van der Waals surface area contributed by atoms with Gasteiger partial charge in [-0.2, -0.15) is 0 Å². The summed E-state index contributed by atoms with van der Waals surface area (Å²) in [4.78, 5) is 31.6. The summed E-state index contributed by atoms with van der Waals surface area (Å²) in [5, 5.41) is 21.5. The van der Waals surface area contributed by atoms with Crippen LogP contribution in [0.4, 0.5) is 0 Å². The summed E-state index contributed by atoms with van der Waals surface area (Å²) in [5.41, 5.74) is 0.0574. The highest BCUT2D eigenvalue weighted by Gasteiger charge is 2.69. The van der Waals surface area contributed by atoms with E-state index in [1.807, 2.05) is 19.9 Å². The second kappa shape index (κ2) is 8.91. The lowest BCUT2D eigenvalue weighted by Gasteiger charge is -2.60. The molecule has 35 heavy (non-hydrogen) atoms. The van der Waals surface area contributed by atoms with Crippen LogP contribution in [-0.4, -0.2) is 51.0 Å². The summed E-state index contributed by atoms with van der Waals surface area (Å²) in [6, 6.07) is 0. The van der Waals surface area contributed by atoms with Crippen LogP contribution in [0, 0.1) is 42.4 Å². The number of rotatable bonds is 6. The van der Waals surface area contributed by atoms with E-state index in [0.29, 0.717) is 12.8 Å². The highest BCUT2D eigenvalue weighted by atomic mass is 32.2. The Morgan fingerprint density at radius 2 is 2.09 bits per heavy atom. The summed E-state index contributed by atoms with van der Waals surface area (Å²) in [6.07, 6.45) is 8.30. The van der Waals surface area contributed by atoms with Crippen molar-refractivity contribution in [3.8, 4) is 0 Å². The number of ether oxygens (including phenoxy) is 1. The lowest BCUT2D eigenvalue weighted by atomic mass is 9.46. The number of thiazole rings is 1. The van der Waals surface area contributed by atoms with Crippen molar-refractivity contribution in [3.63, 3.8) is 0 Å². The van der Waals surface area contributed by atoms with E-state index in [9.17, 15) is 19.8 Å². The number of Topliss-reactive ketones (excluding diaryl/α,β-unsaturated/α-hetero) is 1. The molecule has 190 valence electrons. The van der Waals surface area contributed by atoms with E-state index in [-0.39, 0.29) is 40.5 Å². The molecule has 0 aliphatic heterocycles. The molecular weight excluding hydrogens is 482 g/mol. The summed E-state index contributed by atoms with van der Waals surface area (Å²) < 4.78 is 6.88. The Morgan fingerprint density at radius 3 is 2.77 bits per heavy atom. The first-order chi connectivity index (χ1) is 16.6. The number of aliphatic hydroxyl groups is 2. The zero-order valence-corrected chi connectivity index (χ0v) is 22.5. The molecule has 0 amide bonds. The van der Waals surface area contributed by atoms with Crippen LogP contribution < -0.4 is 0 Å². The van der Waals surface area contributed by atoms with Gasteiger partial charge in [0.1, 0.15) is 12.4 Å². The van der Waals surface area contributed by atoms with Crippen molar-refractivity contribution in [1.29, 1.82) is 0 Å². The fraction of sp³-hybridized carbons (Fsp3) is 0.667. The minimum Gasteiger partial charge on any atom is -0.393 e. The van der Waals surface area contributed by atoms with Gasteiger partial charge in [0.05, 0.1) is 17.6 Å². The van der Waals surface area contributed by atoms with Gasteiger partial charge in [-0.05, 0) is 69.9 Å². The second-order valence-electron chi connectivity index (χ2n) is 11.2. The number of hydrogen-bond donors (Lipinski definition) is 2. The molecule has 0 aromatic carbocycles. The van der Waals surface area contributed by atoms with E-state index in [4.69, 9.17) is 4.74 Å². The van der Waals surface area contributed by atoms with Crippen molar-refractivity contribution < 1.29 is 24.5 Å². The highest BCUT2D eigenvalue weighted by molar-refractivity contribution is 8.01. The third kappa shape index (κ3) is 3.74. The number of carbonyl (C=O) groups is 2. The first-order valence-corrected chi connectivity index (χ1v) is 14.3. The minimum absolute atomic E-state index is 0.000553. The number of aryl methyl sites for hydroxylation is 2. The fourth-order valence-corrected chi connectivity index (χ4v) is 10.1. The van der Waals surface area contributed by atoms with Crippen LogP contribution in [0.1, 0.15) is 56.5 Å². The molecule has 1 aromatic rings. The number of allylic oxidation sites excluding steroid dienone is 4. The Balaban J connectivity index is 1.44. The number of aliphatic hydroxyl groups excluding tert-OH is 2. The van der Waals surface area contributed by atoms with Crippen molar-refractivity contribution in [3.05, 3.63) is 34.4 Å². The quantitative estimate of drug-likeness (QED) is 0.426. The zero-order valence-electron chi connectivity index (χ0n) is 20.9. The molecule has 0 radical (unpaired) electrons. The molecule has 3 fully saturated rings. The fourth-order valence-electron chi connectivity index (χ4n) is 7.95. The van der Waals surface area contributed by atoms with Gasteiger partial charge in [0, 0.05) is 21.6 Å². The van der Waals surface area contributed by atoms with Gasteiger partial charge in [0.2, 0.25) is 0 Å². The standard InChI is InChI=1S/C27H35NO5S2/c1-15-16(2)35-24(28-15)34-13-22(32)27(33-14-29)10-8-20-19-6-5-17-11-18(30)7-9-25(17,3)23(19)21(31)12-26(20,27)4/h7,9,11,19-21,23,29,31H,5-6,8,10,12-14H2,1-4H3/t19?,20?,21-,23?,25?,26?,27-/m0/s1. The first-order valence-electron chi connectivity index (χ1n) is 12.5. The average molecular weight is 518 g/mol. The van der Waals surface area contributed by atoms with Gasteiger partial charge in [0.25, 0.3) is 0 Å². The van der Waals surface area contributed by atoms with E-state index in [1.165, 1.54) is 11.8 Å². The Kier molecular flexibility index (Phi) is 6.45. The summed E-state index contributed by atoms with van der Waals surface area (Å²) in [7, 11) is 0. The van der Waals surface area contributed by atoms with Crippen LogP contribution in [0.3, 0.4) is 0 Å². The molecule has 0 saturated heterocycles. The van der Waals surface area contributed by atoms with Crippen LogP contribution in [0.25, 0.3) is 0 Å². The number of thioether (sulfide) groups is 1. The lowest BCUT2D eigenvalue weighted by molar-refractivity contribution is -0.207. The monoisotopic (exact) mass is 517 g/mol. The van der Waals surface area contributed by atoms with Gasteiger partial charge >= 0.3 is 0 Å². The number of aromatic nitrogens is 1. The number of ketones is 2. The molecular formula is C27H35NO5S2. The predicted molar refractivity (Wildman–Crippen MR) is 136 cm³/mol. The molecule has 2 N–H and O–H groups in total. The first kappa shape index (κ1) is 25.3. The number of hydrogen-bond acceptors (Lipinski definition) is 8. The molecule has 1 aromatic heterocycles. The highest BCUT2D eigenvalue weighted by Crippen LogP contribution is 2.68. The molecule has 7 atom stereocenters. The van der Waals surface area contributed by atoms with E-state index in [1.54, 1.807) is 23.5 Å². The van der Waals surface area contributed by atoms with Gasteiger partial charge < -0.3 is 14.9 Å². The number of fused-ring (bicyclic) bond motifs is 5. The Labute approximate surface area is 215 Å². The van der Waals surface area contributed by atoms with Crippen LogP contribution in [-0.2, 0) is 14.3 Å². The zero-order chi connectivity index (χ0) is 25.2. The Morgan fingerprint density at radius 1 is 1.31 bits per heavy atom. The van der Waals surface area contributed by atoms with Crippen LogP contribution in [0.5, 0.6) is 0 Å². The molecule has 6 nitrogen and oxygen atoms in total. The summed E-state index contributed by atoms with van der Waals surface area (Å²) in [5.74, 6) is 0.650. The van der Waals surface area contributed by atoms with E-state index in [2.05, 4.69) is 18.8 Å². The smallest absolute Gasteiger partial charge is 0.178 e. The largest absolute Gasteiger partial charge is 0.393 e. The van der Waals surface area contributed by atoms with Gasteiger partial charge in [-0.3, -0.25) is 9.59 Å². The van der Waals surface area contributed by atoms with Gasteiger partial charge in [-0.1, -0.05) is 37.3 Å². The van der Waals surface area contributed by atoms with E-state index >= 15 is 0 Å². The molecule has 0 bridgehead atoms. The number of nitrogens with zero attached hydrogens (tertiary/aromatic N) is 1. The maximum absolute atomic E-state index is 13.9.